The van der Waals surface area contributed by atoms with Crippen LogP contribution in [0.5, 0.6) is 0 Å². The van der Waals surface area contributed by atoms with Crippen LogP contribution < -0.4 is 5.06 Å². The third-order valence-electron chi connectivity index (χ3n) is 5.45. The number of nitrogens with one attached hydrogen (secondary N) is 1. The van der Waals surface area contributed by atoms with Crippen molar-refractivity contribution < 1.29 is 9.80 Å². The molecule has 3 nitrogen and oxygen atoms in total. The number of methoxy groups -OCH3 is 1. The molecule has 1 fully saturated rings. The number of rotatable bonds is 9. The van der Waals surface area contributed by atoms with E-state index in [1.165, 1.54) is 0 Å². The quantitative estimate of drug-likeness (QED) is 0.656. The van der Waals surface area contributed by atoms with E-state index in [-0.39, 0.29) is 17.2 Å². The maximum Gasteiger partial charge on any atom is 0.100 e. The lowest BCUT2D eigenvalue weighted by molar-refractivity contribution is -0.967. The van der Waals surface area contributed by atoms with Gasteiger partial charge in [0.1, 0.15) is 11.1 Å². The number of hydroxylamine groups is 2. The van der Waals surface area contributed by atoms with Gasteiger partial charge in [-0.3, -0.25) is 0 Å². The predicted molar refractivity (Wildman–Crippen MR) is 89.5 cm³/mol. The van der Waals surface area contributed by atoms with Gasteiger partial charge in [0.25, 0.3) is 0 Å². The van der Waals surface area contributed by atoms with Crippen molar-refractivity contribution in [1.82, 2.24) is 0 Å². The second kappa shape index (κ2) is 8.50. The van der Waals surface area contributed by atoms with E-state index >= 15 is 0 Å². The third-order valence-corrected chi connectivity index (χ3v) is 5.45. The van der Waals surface area contributed by atoms with Gasteiger partial charge in [0.05, 0.1) is 6.10 Å². The molecule has 126 valence electrons. The molecule has 1 aliphatic heterocycles. The van der Waals surface area contributed by atoms with E-state index in [1.807, 2.05) is 7.11 Å². The van der Waals surface area contributed by atoms with Crippen LogP contribution in [0, 0.1) is 5.21 Å². The van der Waals surface area contributed by atoms with Crippen molar-refractivity contribution in [2.24, 2.45) is 0 Å². The summed E-state index contributed by atoms with van der Waals surface area (Å²) in [6.07, 6.45) is 10.7. The fourth-order valence-corrected chi connectivity index (χ4v) is 4.88. The number of hydrogen-bond donors (Lipinski definition) is 1. The molecule has 0 bridgehead atoms. The number of ether oxygens (including phenoxy) is 1. The second-order valence-electron chi connectivity index (χ2n) is 7.16. The maximum atomic E-state index is 13.5. The fraction of sp³-hybridized carbons (Fsp3) is 1.00. The van der Waals surface area contributed by atoms with E-state index in [9.17, 15) is 5.21 Å². The Morgan fingerprint density at radius 2 is 1.19 bits per heavy atom. The first-order valence-electron chi connectivity index (χ1n) is 9.11. The molecule has 1 N–H and O–H groups in total. The van der Waals surface area contributed by atoms with Crippen molar-refractivity contribution in [2.45, 2.75) is 109 Å². The summed E-state index contributed by atoms with van der Waals surface area (Å²) in [6, 6.07) is 0. The van der Waals surface area contributed by atoms with E-state index in [1.54, 1.807) is 0 Å². The Morgan fingerprint density at radius 1 is 0.857 bits per heavy atom. The highest BCUT2D eigenvalue weighted by Crippen LogP contribution is 2.36. The molecule has 0 atom stereocenters. The topological polar surface area (TPSA) is 36.7 Å². The SMILES string of the molecule is CCCC1(CCC)CC(OC)CC(CCC)(CCC)[NH+]1[O-]. The summed E-state index contributed by atoms with van der Waals surface area (Å²) < 4.78 is 5.78. The minimum atomic E-state index is -0.118. The molecule has 1 rings (SSSR count). The summed E-state index contributed by atoms with van der Waals surface area (Å²) in [5.74, 6) is 0. The van der Waals surface area contributed by atoms with Gasteiger partial charge in [-0.15, -0.1) is 0 Å². The monoisotopic (exact) mass is 299 g/mol. The molecule has 0 amide bonds. The van der Waals surface area contributed by atoms with Crippen LogP contribution >= 0.6 is 0 Å². The minimum absolute atomic E-state index is 0.118. The molecule has 21 heavy (non-hydrogen) atoms. The van der Waals surface area contributed by atoms with Crippen molar-refractivity contribution >= 4 is 0 Å². The van der Waals surface area contributed by atoms with Gasteiger partial charge in [-0.05, 0) is 0 Å². The normalized spacial score (nSPS) is 27.7. The highest BCUT2D eigenvalue weighted by Gasteiger charge is 2.53. The number of quaternary nitrogens is 1. The molecule has 0 aromatic heterocycles. The molecule has 1 aliphatic rings. The summed E-state index contributed by atoms with van der Waals surface area (Å²) in [5, 5.41) is 14.1. The Morgan fingerprint density at radius 3 is 1.43 bits per heavy atom. The lowest BCUT2D eigenvalue weighted by Gasteiger charge is -2.59. The van der Waals surface area contributed by atoms with Gasteiger partial charge in [-0.1, -0.05) is 53.4 Å². The Hall–Kier alpha value is -0.120. The van der Waals surface area contributed by atoms with Crippen molar-refractivity contribution in [3.8, 4) is 0 Å². The van der Waals surface area contributed by atoms with E-state index in [2.05, 4.69) is 27.7 Å². The van der Waals surface area contributed by atoms with Crippen molar-refractivity contribution in [3.05, 3.63) is 5.21 Å². The van der Waals surface area contributed by atoms with E-state index in [4.69, 9.17) is 4.74 Å². The van der Waals surface area contributed by atoms with Gasteiger partial charge < -0.3 is 15.0 Å². The Kier molecular flexibility index (Phi) is 7.66. The number of hydrogen-bond acceptors (Lipinski definition) is 2. The highest BCUT2D eigenvalue weighted by molar-refractivity contribution is 4.95. The lowest BCUT2D eigenvalue weighted by atomic mass is 9.69. The summed E-state index contributed by atoms with van der Waals surface area (Å²) >= 11 is 0. The van der Waals surface area contributed by atoms with Crippen LogP contribution in [0.15, 0.2) is 0 Å². The number of piperidine rings is 1. The summed E-state index contributed by atoms with van der Waals surface area (Å²) in [4.78, 5) is 0. The molecule has 0 aliphatic carbocycles. The molecule has 1 heterocycles. The molecule has 0 aromatic carbocycles. The molecule has 1 saturated heterocycles. The van der Waals surface area contributed by atoms with Crippen molar-refractivity contribution in [3.63, 3.8) is 0 Å². The first kappa shape index (κ1) is 18.9. The molecular formula is C18H37NO2. The molecule has 3 heteroatoms. The standard InChI is InChI=1S/C18H37NO2/c1-6-10-17(11-7-2)14-16(21-5)15-18(12-8-3,13-9-4)19(17)20/h16,19H,6-15H2,1-5H3. The van der Waals surface area contributed by atoms with Gasteiger partial charge in [-0.2, -0.15) is 0 Å². The first-order chi connectivity index (χ1) is 10.0. The van der Waals surface area contributed by atoms with Gasteiger partial charge in [-0.25, -0.2) is 0 Å². The van der Waals surface area contributed by atoms with Gasteiger partial charge >= 0.3 is 0 Å². The molecule has 0 unspecified atom stereocenters. The first-order valence-corrected chi connectivity index (χ1v) is 9.11. The Bertz CT molecular complexity index is 255. The van der Waals surface area contributed by atoms with Crippen LogP contribution in [0.25, 0.3) is 0 Å². The molecule has 0 spiro atoms. The van der Waals surface area contributed by atoms with Crippen molar-refractivity contribution in [2.75, 3.05) is 7.11 Å². The fourth-order valence-electron chi connectivity index (χ4n) is 4.88. The maximum absolute atomic E-state index is 13.5. The summed E-state index contributed by atoms with van der Waals surface area (Å²) in [7, 11) is 1.83. The molecule has 0 aromatic rings. The highest BCUT2D eigenvalue weighted by atomic mass is 16.5. The predicted octanol–water partition coefficient (Wildman–Crippen LogP) is 3.86. The van der Waals surface area contributed by atoms with Gasteiger partial charge in [0.15, 0.2) is 0 Å². The molecule has 0 saturated carbocycles. The van der Waals surface area contributed by atoms with Crippen LogP contribution in [0.1, 0.15) is 91.9 Å². The lowest BCUT2D eigenvalue weighted by Crippen LogP contribution is -3.25. The van der Waals surface area contributed by atoms with Crippen LogP contribution in [0.3, 0.4) is 0 Å². The Balaban J connectivity index is 3.17. The zero-order valence-corrected chi connectivity index (χ0v) is 15.0. The summed E-state index contributed by atoms with van der Waals surface area (Å²) in [6.45, 7) is 8.84. The van der Waals surface area contributed by atoms with Crippen LogP contribution in [0.4, 0.5) is 0 Å². The van der Waals surface area contributed by atoms with Crippen LogP contribution in [0.2, 0.25) is 0 Å². The summed E-state index contributed by atoms with van der Waals surface area (Å²) in [5.41, 5.74) is -0.237. The average Bonchev–Trinajstić information content (AvgIpc) is 2.45. The Labute approximate surface area is 132 Å². The zero-order chi connectivity index (χ0) is 15.9. The van der Waals surface area contributed by atoms with E-state index in [0.717, 1.165) is 64.2 Å². The largest absolute Gasteiger partial charge is 0.633 e. The van der Waals surface area contributed by atoms with Gasteiger partial charge in [0, 0.05) is 45.6 Å². The van der Waals surface area contributed by atoms with Gasteiger partial charge in [0.2, 0.25) is 0 Å². The average molecular weight is 299 g/mol. The second-order valence-corrected chi connectivity index (χ2v) is 7.16. The van der Waals surface area contributed by atoms with Crippen LogP contribution in [-0.4, -0.2) is 24.3 Å². The van der Waals surface area contributed by atoms with E-state index in [0.29, 0.717) is 5.06 Å². The third kappa shape index (κ3) is 4.00. The smallest absolute Gasteiger partial charge is 0.100 e. The molecular weight excluding hydrogens is 262 g/mol. The van der Waals surface area contributed by atoms with E-state index < -0.39 is 0 Å². The van der Waals surface area contributed by atoms with Crippen LogP contribution in [-0.2, 0) is 4.74 Å². The minimum Gasteiger partial charge on any atom is -0.633 e. The van der Waals surface area contributed by atoms with Crippen molar-refractivity contribution in [1.29, 1.82) is 0 Å². The molecule has 0 radical (unpaired) electrons. The zero-order valence-electron chi connectivity index (χ0n) is 15.0.